The Balaban J connectivity index is 1.76. The minimum absolute atomic E-state index is 0.554. The molecule has 0 saturated carbocycles. The Kier molecular flexibility index (Phi) is 3.77. The number of methoxy groups -OCH3 is 1. The number of benzene rings is 2. The van der Waals surface area contributed by atoms with Crippen molar-refractivity contribution in [2.75, 3.05) is 25.1 Å². The summed E-state index contributed by atoms with van der Waals surface area (Å²) in [5, 5.41) is 11.5. The lowest BCUT2D eigenvalue weighted by Gasteiger charge is -2.24. The van der Waals surface area contributed by atoms with Gasteiger partial charge in [-0.25, -0.2) is 9.48 Å². The molecule has 4 nitrogen and oxygen atoms in total. The summed E-state index contributed by atoms with van der Waals surface area (Å²) in [7, 11) is 1.68. The minimum atomic E-state index is -0.961. The normalized spacial score (nSPS) is 23.3. The molecule has 0 spiro atoms. The summed E-state index contributed by atoms with van der Waals surface area (Å²) in [6.45, 7) is 1.45. The molecule has 0 amide bonds. The molecule has 4 heteroatoms. The quantitative estimate of drug-likeness (QED) is 0.882. The van der Waals surface area contributed by atoms with Crippen LogP contribution in [0.15, 0.2) is 54.6 Å². The molecule has 0 aliphatic carbocycles. The van der Waals surface area contributed by atoms with E-state index in [0.29, 0.717) is 6.54 Å². The number of nitrogens with zero attached hydrogens (tertiary/aromatic N) is 2. The molecular weight excluding hydrogens is 300 g/mol. The second-order valence-corrected chi connectivity index (χ2v) is 6.49. The largest absolute Gasteiger partial charge is 0.497 e. The second kappa shape index (κ2) is 5.95. The van der Waals surface area contributed by atoms with Gasteiger partial charge < -0.3 is 9.84 Å². The molecule has 24 heavy (non-hydrogen) atoms. The van der Waals surface area contributed by atoms with E-state index in [1.807, 2.05) is 42.5 Å². The highest BCUT2D eigenvalue weighted by Crippen LogP contribution is 2.35. The number of rotatable bonds is 3. The van der Waals surface area contributed by atoms with Gasteiger partial charge in [-0.3, -0.25) is 0 Å². The van der Waals surface area contributed by atoms with Crippen molar-refractivity contribution in [2.45, 2.75) is 25.0 Å². The van der Waals surface area contributed by atoms with Crippen molar-refractivity contribution < 1.29 is 14.4 Å². The van der Waals surface area contributed by atoms with Crippen LogP contribution in [0.1, 0.15) is 24.8 Å². The van der Waals surface area contributed by atoms with Crippen molar-refractivity contribution in [2.24, 2.45) is 0 Å². The maximum atomic E-state index is 11.5. The number of β-amino-alcohol motifs (C(OH)–C–C–N with tert-alkyl or cyclic N) is 1. The van der Waals surface area contributed by atoms with Gasteiger partial charge in [0.05, 0.1) is 13.7 Å². The molecule has 124 valence electrons. The Morgan fingerprint density at radius 1 is 1.04 bits per heavy atom. The van der Waals surface area contributed by atoms with E-state index in [0.717, 1.165) is 36.4 Å². The third-order valence-electron chi connectivity index (χ3n) is 5.10. The molecule has 2 aliphatic heterocycles. The van der Waals surface area contributed by atoms with Crippen molar-refractivity contribution in [3.8, 4) is 5.75 Å². The average molecular weight is 323 g/mol. The predicted molar refractivity (Wildman–Crippen MR) is 94.7 cm³/mol. The Hall–Kier alpha value is -2.33. The molecule has 0 aromatic heterocycles. The molecule has 2 aromatic rings. The van der Waals surface area contributed by atoms with Crippen LogP contribution in [0, 0.1) is 0 Å². The fourth-order valence-corrected chi connectivity index (χ4v) is 3.85. The van der Waals surface area contributed by atoms with Crippen molar-refractivity contribution in [3.63, 3.8) is 0 Å². The summed E-state index contributed by atoms with van der Waals surface area (Å²) in [5.41, 5.74) is 1.10. The van der Waals surface area contributed by atoms with E-state index >= 15 is 0 Å². The first-order valence-electron chi connectivity index (χ1n) is 8.55. The lowest BCUT2D eigenvalue weighted by atomic mass is 10.0. The second-order valence-electron chi connectivity index (χ2n) is 6.49. The highest BCUT2D eigenvalue weighted by molar-refractivity contribution is 5.96. The lowest BCUT2D eigenvalue weighted by Crippen LogP contribution is -2.41. The van der Waals surface area contributed by atoms with Gasteiger partial charge in [-0.2, -0.15) is 0 Å². The van der Waals surface area contributed by atoms with E-state index in [4.69, 9.17) is 4.74 Å². The predicted octanol–water partition coefficient (Wildman–Crippen LogP) is 2.96. The van der Waals surface area contributed by atoms with Crippen molar-refractivity contribution >= 4 is 11.5 Å². The molecular formula is C20H23N2O2+. The van der Waals surface area contributed by atoms with Crippen LogP contribution < -0.4 is 9.64 Å². The van der Waals surface area contributed by atoms with Crippen molar-refractivity contribution in [1.29, 1.82) is 0 Å². The van der Waals surface area contributed by atoms with E-state index in [-0.39, 0.29) is 0 Å². The summed E-state index contributed by atoms with van der Waals surface area (Å²) in [6, 6.07) is 18.1. The Morgan fingerprint density at radius 2 is 1.79 bits per heavy atom. The molecule has 1 atom stereocenters. The van der Waals surface area contributed by atoms with Gasteiger partial charge in [-0.1, -0.05) is 30.3 Å². The van der Waals surface area contributed by atoms with Gasteiger partial charge in [0.15, 0.2) is 6.54 Å². The molecule has 0 unspecified atom stereocenters. The Bertz CT molecular complexity index is 755. The molecule has 0 fully saturated rings. The van der Waals surface area contributed by atoms with Crippen LogP contribution in [0.5, 0.6) is 5.75 Å². The summed E-state index contributed by atoms with van der Waals surface area (Å²) < 4.78 is 7.45. The molecule has 0 bridgehead atoms. The number of amidine groups is 1. The zero-order valence-electron chi connectivity index (χ0n) is 14.0. The van der Waals surface area contributed by atoms with Gasteiger partial charge in [0.25, 0.3) is 11.6 Å². The van der Waals surface area contributed by atoms with Crippen LogP contribution >= 0.6 is 0 Å². The summed E-state index contributed by atoms with van der Waals surface area (Å²) >= 11 is 0. The maximum Gasteiger partial charge on any atom is 0.271 e. The molecule has 0 radical (unpaired) electrons. The number of hydrogen-bond donors (Lipinski definition) is 1. The first-order valence-corrected chi connectivity index (χ1v) is 8.55. The Morgan fingerprint density at radius 3 is 2.50 bits per heavy atom. The molecule has 0 saturated heterocycles. The fourth-order valence-electron chi connectivity index (χ4n) is 3.85. The zero-order chi connectivity index (χ0) is 16.6. The number of hydrogen-bond acceptors (Lipinski definition) is 3. The first-order chi connectivity index (χ1) is 11.7. The van der Waals surface area contributed by atoms with Crippen molar-refractivity contribution in [3.05, 3.63) is 60.2 Å². The van der Waals surface area contributed by atoms with Gasteiger partial charge in [0.1, 0.15) is 11.4 Å². The third kappa shape index (κ3) is 2.38. The highest BCUT2D eigenvalue weighted by atomic mass is 16.5. The smallest absolute Gasteiger partial charge is 0.271 e. The van der Waals surface area contributed by atoms with Crippen LogP contribution in [0.4, 0.5) is 5.69 Å². The monoisotopic (exact) mass is 323 g/mol. The molecule has 2 aliphatic rings. The van der Waals surface area contributed by atoms with Gasteiger partial charge >= 0.3 is 0 Å². The molecule has 2 heterocycles. The van der Waals surface area contributed by atoms with E-state index in [1.54, 1.807) is 7.11 Å². The van der Waals surface area contributed by atoms with Crippen LogP contribution in [0.3, 0.4) is 0 Å². The minimum Gasteiger partial charge on any atom is -0.497 e. The van der Waals surface area contributed by atoms with E-state index in [2.05, 4.69) is 21.6 Å². The highest BCUT2D eigenvalue weighted by Gasteiger charge is 2.52. The van der Waals surface area contributed by atoms with Crippen LogP contribution in [-0.2, 0) is 5.72 Å². The number of anilines is 1. The standard InChI is InChI=1S/C20H23N2O2/c1-24-18-12-10-17(11-13-18)21-15-20(23,16-7-3-2-4-8-16)22-14-6-5-9-19(21)22/h2-4,7-8,10-13,23H,5-6,9,14-15H2,1H3/q+1/t20-/m1/s1. The zero-order valence-corrected chi connectivity index (χ0v) is 14.0. The molecule has 2 aromatic carbocycles. The summed E-state index contributed by atoms with van der Waals surface area (Å²) in [4.78, 5) is 2.26. The number of ether oxygens (including phenoxy) is 1. The SMILES string of the molecule is COc1ccc(N2C[C@@](O)(c3ccccc3)[N+]3=C2CCCC3)cc1. The van der Waals surface area contributed by atoms with Gasteiger partial charge in [-0.15, -0.1) is 0 Å². The number of aliphatic hydroxyl groups is 1. The van der Waals surface area contributed by atoms with Crippen LogP contribution in [0.25, 0.3) is 0 Å². The summed E-state index contributed by atoms with van der Waals surface area (Å²) in [6.07, 6.45) is 3.29. The van der Waals surface area contributed by atoms with Gasteiger partial charge in [0.2, 0.25) is 0 Å². The maximum absolute atomic E-state index is 11.5. The van der Waals surface area contributed by atoms with E-state index in [9.17, 15) is 5.11 Å². The molecule has 1 N–H and O–H groups in total. The van der Waals surface area contributed by atoms with Crippen LogP contribution in [-0.4, -0.2) is 35.7 Å². The topological polar surface area (TPSA) is 35.7 Å². The third-order valence-corrected chi connectivity index (χ3v) is 5.10. The van der Waals surface area contributed by atoms with Gasteiger partial charge in [-0.05, 0) is 37.1 Å². The van der Waals surface area contributed by atoms with Crippen LogP contribution in [0.2, 0.25) is 0 Å². The first kappa shape index (κ1) is 15.2. The van der Waals surface area contributed by atoms with E-state index < -0.39 is 5.72 Å². The fraction of sp³-hybridized carbons (Fsp3) is 0.350. The Labute approximate surface area is 142 Å². The average Bonchev–Trinajstić information content (AvgIpc) is 2.97. The van der Waals surface area contributed by atoms with Crippen molar-refractivity contribution in [1.82, 2.24) is 0 Å². The van der Waals surface area contributed by atoms with Gasteiger partial charge in [0, 0.05) is 12.0 Å². The molecule has 4 rings (SSSR count). The summed E-state index contributed by atoms with van der Waals surface area (Å²) in [5.74, 6) is 2.07. The lowest BCUT2D eigenvalue weighted by molar-refractivity contribution is -0.661. The van der Waals surface area contributed by atoms with E-state index in [1.165, 1.54) is 12.3 Å².